The van der Waals surface area contributed by atoms with E-state index >= 15 is 0 Å². The van der Waals surface area contributed by atoms with Gasteiger partial charge < -0.3 is 116 Å². The van der Waals surface area contributed by atoms with Crippen LogP contribution in [-0.4, -0.2) is 281 Å². The van der Waals surface area contributed by atoms with Gasteiger partial charge in [0.1, 0.15) is 42.7 Å². The Balaban J connectivity index is 4.18. The predicted octanol–water partition coefficient (Wildman–Crippen LogP) is -8.87. The zero-order valence-corrected chi connectivity index (χ0v) is 38.7. The van der Waals surface area contributed by atoms with E-state index in [4.69, 9.17) is 48.1 Å². The minimum atomic E-state index is -1.98. The second-order valence-corrected chi connectivity index (χ2v) is 14.7. The molecule has 9 atom stereocenters. The van der Waals surface area contributed by atoms with E-state index in [9.17, 15) is 64.8 Å². The van der Waals surface area contributed by atoms with Crippen LogP contribution in [0.15, 0.2) is 0 Å². The summed E-state index contributed by atoms with van der Waals surface area (Å²) < 4.78 is 43.3. The molecule has 400 valence electrons. The maximum absolute atomic E-state index is 13.0. The highest BCUT2D eigenvalue weighted by molar-refractivity contribution is 5.88. The first-order valence-corrected chi connectivity index (χ1v) is 22.2. The van der Waals surface area contributed by atoms with Gasteiger partial charge in [0.2, 0.25) is 29.5 Å². The first kappa shape index (κ1) is 64.6. The van der Waals surface area contributed by atoms with Gasteiger partial charge in [-0.15, -0.1) is 0 Å². The molecule has 0 aliphatic heterocycles. The summed E-state index contributed by atoms with van der Waals surface area (Å²) in [6.45, 7) is 3.34. The number of rotatable bonds is 46. The molecule has 5 amide bonds. The Kier molecular flexibility index (Phi) is 40.4. The number of ether oxygens (including phenoxy) is 8. The van der Waals surface area contributed by atoms with Crippen molar-refractivity contribution >= 4 is 29.5 Å². The van der Waals surface area contributed by atoms with E-state index in [1.807, 2.05) is 0 Å². The van der Waals surface area contributed by atoms with Crippen molar-refractivity contribution in [1.82, 2.24) is 26.6 Å². The van der Waals surface area contributed by atoms with Gasteiger partial charge in [-0.1, -0.05) is 0 Å². The fraction of sp³-hybridized carbons (Fsp3) is 0.875. The fourth-order valence-electron chi connectivity index (χ4n) is 5.15. The van der Waals surface area contributed by atoms with Gasteiger partial charge in [-0.2, -0.15) is 0 Å². The van der Waals surface area contributed by atoms with Crippen molar-refractivity contribution in [3.63, 3.8) is 0 Å². The quantitative estimate of drug-likeness (QED) is 0.0252. The van der Waals surface area contributed by atoms with E-state index in [2.05, 4.69) is 26.6 Å². The smallest absolute Gasteiger partial charge is 0.242 e. The summed E-state index contributed by atoms with van der Waals surface area (Å²) in [7, 11) is 0. The molecular weight excluding hydrogens is 918 g/mol. The monoisotopic (exact) mass is 996 g/mol. The lowest BCUT2D eigenvalue weighted by Crippen LogP contribution is -2.53. The topological polar surface area (TPSA) is 422 Å². The molecule has 0 radical (unpaired) electrons. The van der Waals surface area contributed by atoms with Gasteiger partial charge in [-0.05, 0) is 6.42 Å². The summed E-state index contributed by atoms with van der Waals surface area (Å²) in [6.07, 6.45) is -15.9. The summed E-state index contributed by atoms with van der Waals surface area (Å²) >= 11 is 0. The lowest BCUT2D eigenvalue weighted by molar-refractivity contribution is -0.132. The second kappa shape index (κ2) is 42.5. The first-order valence-electron chi connectivity index (χ1n) is 22.2. The van der Waals surface area contributed by atoms with Crippen LogP contribution in [0.1, 0.15) is 26.2 Å². The van der Waals surface area contributed by atoms with Crippen LogP contribution < -0.4 is 26.6 Å². The van der Waals surface area contributed by atoms with E-state index in [0.29, 0.717) is 85.8 Å². The van der Waals surface area contributed by atoms with E-state index in [1.165, 1.54) is 6.92 Å². The third kappa shape index (κ3) is 34.8. The molecule has 0 aromatic rings. The molecule has 0 rings (SSSR count). The molecular formula is C40H77N5O23. The SMILES string of the molecule is CC(=O)NCC(=O)NCCOCCOCCOCCOCCOCCOCCOCCOCCC(=O)N[C@@H](CCC(=O)NC[C@H](O)[C@@H](O)[C@H](O)[C@H](O)CO)C(=O)NC[C@H](O)[C@@H](O)[C@H](O)[C@H](O)CO. The van der Waals surface area contributed by atoms with Crippen LogP contribution in [0.2, 0.25) is 0 Å². The van der Waals surface area contributed by atoms with Crippen molar-refractivity contribution in [2.45, 2.75) is 81.1 Å². The molecule has 28 heteroatoms. The highest BCUT2D eigenvalue weighted by Gasteiger charge is 2.32. The van der Waals surface area contributed by atoms with Crippen LogP contribution in [0.25, 0.3) is 0 Å². The summed E-state index contributed by atoms with van der Waals surface area (Å²) in [4.78, 5) is 60.3. The van der Waals surface area contributed by atoms with Crippen LogP contribution in [0, 0.1) is 0 Å². The van der Waals surface area contributed by atoms with Gasteiger partial charge in [-0.25, -0.2) is 0 Å². The standard InChI is InChI=1S/C40H77N5O23/c1-27(48)42-24-35(55)41-5-7-62-9-11-64-13-15-66-17-19-68-21-20-67-18-16-65-14-12-63-10-8-61-6-4-34(54)45-28(40(60)44-23-30(50)37(57)39(59)32(52)26-47)2-3-33(53)43-22-29(49)36(56)38(58)31(51)25-46/h28-32,36-39,46-47,49-52,56-59H,2-26H2,1H3,(H,41,55)(H,42,48)(H,43,53)(H,44,60)(H,45,54)/t28-,29-,30-,31+,32+,36+,37+,38+,39+/m0/s1. The maximum atomic E-state index is 13.0. The van der Waals surface area contributed by atoms with E-state index in [0.717, 1.165) is 0 Å². The van der Waals surface area contributed by atoms with Crippen molar-refractivity contribution in [2.24, 2.45) is 0 Å². The molecule has 15 N–H and O–H groups in total. The van der Waals surface area contributed by atoms with Crippen molar-refractivity contribution < 1.29 is 113 Å². The Hall–Kier alpha value is -3.37. The number of nitrogens with one attached hydrogen (secondary N) is 5. The number of hydrogen-bond donors (Lipinski definition) is 15. The van der Waals surface area contributed by atoms with Crippen LogP contribution in [-0.2, 0) is 61.9 Å². The molecule has 0 heterocycles. The Morgan fingerprint density at radius 1 is 0.412 bits per heavy atom. The van der Waals surface area contributed by atoms with E-state index in [-0.39, 0.29) is 57.6 Å². The van der Waals surface area contributed by atoms with Crippen LogP contribution in [0.4, 0.5) is 0 Å². The average molecular weight is 996 g/mol. The third-order valence-electron chi connectivity index (χ3n) is 9.10. The zero-order chi connectivity index (χ0) is 51.0. The summed E-state index contributed by atoms with van der Waals surface area (Å²) in [5.41, 5.74) is 0. The van der Waals surface area contributed by atoms with Crippen LogP contribution in [0.3, 0.4) is 0 Å². The second-order valence-electron chi connectivity index (χ2n) is 14.7. The first-order chi connectivity index (χ1) is 32.5. The van der Waals surface area contributed by atoms with Gasteiger partial charge in [0.15, 0.2) is 0 Å². The van der Waals surface area contributed by atoms with Gasteiger partial charge in [0, 0.05) is 39.4 Å². The Labute approximate surface area is 394 Å². The van der Waals surface area contributed by atoms with Crippen molar-refractivity contribution in [1.29, 1.82) is 0 Å². The minimum Gasteiger partial charge on any atom is -0.394 e. The fourth-order valence-corrected chi connectivity index (χ4v) is 5.15. The molecule has 0 saturated carbocycles. The normalized spacial score (nSPS) is 15.5. The molecule has 0 aliphatic carbocycles. The lowest BCUT2D eigenvalue weighted by atomic mass is 10.0. The van der Waals surface area contributed by atoms with Gasteiger partial charge in [0.05, 0.1) is 138 Å². The van der Waals surface area contributed by atoms with Gasteiger partial charge >= 0.3 is 0 Å². The number of aliphatic hydroxyl groups is 10. The Morgan fingerprint density at radius 2 is 0.779 bits per heavy atom. The number of hydrogen-bond acceptors (Lipinski definition) is 23. The summed E-state index contributed by atoms with van der Waals surface area (Å²) in [5, 5.41) is 109. The van der Waals surface area contributed by atoms with E-state index in [1.54, 1.807) is 0 Å². The highest BCUT2D eigenvalue weighted by atomic mass is 16.6. The molecule has 68 heavy (non-hydrogen) atoms. The third-order valence-corrected chi connectivity index (χ3v) is 9.10. The summed E-state index contributed by atoms with van der Waals surface area (Å²) in [6, 6.07) is -1.39. The molecule has 0 aliphatic rings. The molecule has 0 aromatic carbocycles. The van der Waals surface area contributed by atoms with Crippen molar-refractivity contribution in [3.05, 3.63) is 0 Å². The van der Waals surface area contributed by atoms with E-state index < -0.39 is 105 Å². The molecule has 0 fully saturated rings. The minimum absolute atomic E-state index is 0.0725. The van der Waals surface area contributed by atoms with Gasteiger partial charge in [-0.3, -0.25) is 24.0 Å². The number of amides is 5. The predicted molar refractivity (Wildman–Crippen MR) is 232 cm³/mol. The number of carbonyl (C=O) groups is 5. The zero-order valence-electron chi connectivity index (χ0n) is 38.7. The number of carbonyl (C=O) groups excluding carboxylic acids is 5. The maximum Gasteiger partial charge on any atom is 0.242 e. The molecule has 0 spiro atoms. The van der Waals surface area contributed by atoms with Crippen molar-refractivity contribution in [3.8, 4) is 0 Å². The van der Waals surface area contributed by atoms with Gasteiger partial charge in [0.25, 0.3) is 0 Å². The Bertz CT molecular complexity index is 1310. The average Bonchev–Trinajstić information content (AvgIpc) is 3.33. The summed E-state index contributed by atoms with van der Waals surface area (Å²) in [5.74, 6) is -2.92. The highest BCUT2D eigenvalue weighted by Crippen LogP contribution is 2.07. The molecule has 0 aromatic heterocycles. The largest absolute Gasteiger partial charge is 0.394 e. The molecule has 0 unspecified atom stereocenters. The molecule has 0 saturated heterocycles. The van der Waals surface area contributed by atoms with Crippen LogP contribution in [0.5, 0.6) is 0 Å². The molecule has 0 bridgehead atoms. The molecule has 28 nitrogen and oxygen atoms in total. The van der Waals surface area contributed by atoms with Crippen molar-refractivity contribution in [2.75, 3.05) is 145 Å². The van der Waals surface area contributed by atoms with Crippen LogP contribution >= 0.6 is 0 Å². The lowest BCUT2D eigenvalue weighted by Gasteiger charge is -2.26. The number of aliphatic hydroxyl groups excluding tert-OH is 10. The Morgan fingerprint density at radius 3 is 1.18 bits per heavy atom.